The lowest BCUT2D eigenvalue weighted by Gasteiger charge is -2.29. The van der Waals surface area contributed by atoms with Crippen molar-refractivity contribution in [1.29, 1.82) is 0 Å². The molecule has 5 rings (SSSR count). The Kier molecular flexibility index (Phi) is 5.09. The number of hydrogen-bond donors (Lipinski definition) is 0. The molecule has 2 aliphatic rings. The van der Waals surface area contributed by atoms with Gasteiger partial charge in [0.25, 0.3) is 5.91 Å². The zero-order chi connectivity index (χ0) is 23.3. The molecule has 33 heavy (non-hydrogen) atoms. The van der Waals surface area contributed by atoms with E-state index in [4.69, 9.17) is 4.84 Å². The van der Waals surface area contributed by atoms with Gasteiger partial charge in [-0.05, 0) is 47.2 Å². The largest absolute Gasteiger partial charge is 0.273 e. The van der Waals surface area contributed by atoms with Crippen LogP contribution in [0.2, 0.25) is 0 Å². The van der Waals surface area contributed by atoms with E-state index in [1.807, 2.05) is 61.5 Å². The van der Waals surface area contributed by atoms with E-state index >= 15 is 0 Å². The molecule has 2 aliphatic heterocycles. The lowest BCUT2D eigenvalue weighted by Crippen LogP contribution is -2.37. The Bertz CT molecular complexity index is 1200. The number of benzene rings is 3. The number of aryl methyl sites for hydroxylation is 1. The van der Waals surface area contributed by atoms with Gasteiger partial charge in [-0.2, -0.15) is 0 Å². The van der Waals surface area contributed by atoms with Crippen LogP contribution in [0.1, 0.15) is 43.5 Å². The summed E-state index contributed by atoms with van der Waals surface area (Å²) in [5, 5.41) is 1.74. The van der Waals surface area contributed by atoms with Crippen molar-refractivity contribution < 1.29 is 14.4 Å². The van der Waals surface area contributed by atoms with Crippen LogP contribution in [0, 0.1) is 12.8 Å². The second-order valence-corrected chi connectivity index (χ2v) is 9.83. The van der Waals surface area contributed by atoms with Gasteiger partial charge in [0.1, 0.15) is 5.92 Å². The molecule has 2 saturated heterocycles. The number of hydroxylamine groups is 1. The van der Waals surface area contributed by atoms with E-state index in [0.717, 1.165) is 16.8 Å². The molecule has 3 atom stereocenters. The number of amides is 2. The Hall–Kier alpha value is -3.44. The molecule has 0 unspecified atom stereocenters. The molecule has 0 radical (unpaired) electrons. The molecule has 0 aromatic heterocycles. The maximum atomic E-state index is 13.7. The van der Waals surface area contributed by atoms with Crippen LogP contribution in [0.4, 0.5) is 11.4 Å². The van der Waals surface area contributed by atoms with Gasteiger partial charge in [-0.15, -0.1) is 0 Å². The average Bonchev–Trinajstić information content (AvgIpc) is 3.31. The van der Waals surface area contributed by atoms with Gasteiger partial charge in [-0.1, -0.05) is 81.4 Å². The quantitative estimate of drug-likeness (QED) is 0.516. The van der Waals surface area contributed by atoms with E-state index in [-0.39, 0.29) is 17.2 Å². The zero-order valence-electron chi connectivity index (χ0n) is 19.4. The number of carbonyl (C=O) groups excluding carboxylic acids is 2. The highest BCUT2D eigenvalue weighted by atomic mass is 16.7. The molecule has 0 bridgehead atoms. The summed E-state index contributed by atoms with van der Waals surface area (Å²) in [7, 11) is 0. The first kappa shape index (κ1) is 21.4. The number of imide groups is 1. The Balaban J connectivity index is 1.58. The smallest absolute Gasteiger partial charge is 0.266 e. The van der Waals surface area contributed by atoms with Crippen LogP contribution in [-0.4, -0.2) is 17.9 Å². The molecule has 168 valence electrons. The van der Waals surface area contributed by atoms with E-state index in [1.54, 1.807) is 5.06 Å². The third-order valence-corrected chi connectivity index (χ3v) is 6.60. The molecule has 0 N–H and O–H groups in total. The molecule has 2 amide bonds. The summed E-state index contributed by atoms with van der Waals surface area (Å²) in [4.78, 5) is 34.7. The van der Waals surface area contributed by atoms with Crippen molar-refractivity contribution in [1.82, 2.24) is 0 Å². The van der Waals surface area contributed by atoms with Crippen molar-refractivity contribution in [2.45, 2.75) is 45.3 Å². The van der Waals surface area contributed by atoms with E-state index in [2.05, 4.69) is 45.0 Å². The minimum atomic E-state index is -0.857. The van der Waals surface area contributed by atoms with E-state index in [9.17, 15) is 9.59 Å². The summed E-state index contributed by atoms with van der Waals surface area (Å²) < 4.78 is 0. The fourth-order valence-electron chi connectivity index (χ4n) is 4.78. The van der Waals surface area contributed by atoms with E-state index in [1.165, 1.54) is 10.5 Å². The first-order valence-electron chi connectivity index (χ1n) is 11.3. The number of carbonyl (C=O) groups is 2. The monoisotopic (exact) mass is 440 g/mol. The fraction of sp³-hybridized carbons (Fsp3) is 0.286. The van der Waals surface area contributed by atoms with Gasteiger partial charge in [0.15, 0.2) is 6.10 Å². The molecule has 0 aliphatic carbocycles. The summed E-state index contributed by atoms with van der Waals surface area (Å²) in [5.74, 6) is -1.16. The van der Waals surface area contributed by atoms with Gasteiger partial charge in [0.05, 0.1) is 17.4 Å². The van der Waals surface area contributed by atoms with Crippen LogP contribution < -0.4 is 9.96 Å². The number of anilines is 2. The number of fused-ring (bicyclic) bond motifs is 1. The van der Waals surface area contributed by atoms with Gasteiger partial charge < -0.3 is 0 Å². The summed E-state index contributed by atoms with van der Waals surface area (Å²) >= 11 is 0. The second-order valence-electron chi connectivity index (χ2n) is 9.83. The third-order valence-electron chi connectivity index (χ3n) is 6.60. The van der Waals surface area contributed by atoms with Crippen molar-refractivity contribution in [3.63, 3.8) is 0 Å². The van der Waals surface area contributed by atoms with Crippen LogP contribution in [0.25, 0.3) is 0 Å². The average molecular weight is 441 g/mol. The molecule has 0 saturated carbocycles. The highest BCUT2D eigenvalue weighted by molar-refractivity contribution is 6.24. The predicted octanol–water partition coefficient (Wildman–Crippen LogP) is 5.34. The zero-order valence-corrected chi connectivity index (χ0v) is 19.4. The second kappa shape index (κ2) is 7.85. The predicted molar refractivity (Wildman–Crippen MR) is 129 cm³/mol. The van der Waals surface area contributed by atoms with Crippen molar-refractivity contribution in [2.24, 2.45) is 5.92 Å². The lowest BCUT2D eigenvalue weighted by molar-refractivity contribution is -0.126. The fourth-order valence-corrected chi connectivity index (χ4v) is 4.78. The third kappa shape index (κ3) is 3.53. The highest BCUT2D eigenvalue weighted by Crippen LogP contribution is 2.48. The maximum absolute atomic E-state index is 13.7. The molecule has 2 fully saturated rings. The minimum absolute atomic E-state index is 0.0210. The van der Waals surface area contributed by atoms with Gasteiger partial charge in [-0.25, -0.2) is 9.96 Å². The van der Waals surface area contributed by atoms with Crippen LogP contribution in [-0.2, 0) is 19.8 Å². The van der Waals surface area contributed by atoms with Crippen molar-refractivity contribution in [2.75, 3.05) is 9.96 Å². The van der Waals surface area contributed by atoms with Gasteiger partial charge in [0, 0.05) is 0 Å². The molecule has 0 spiro atoms. The standard InChI is InChI=1S/C28H28N2O3/c1-18-10-8-9-13-22(18)29-26(31)23-24(19-14-16-20(17-15-19)28(2,3)4)30(33-25(23)27(29)32)21-11-6-5-7-12-21/h5-17,23-25H,1-4H3/t23-,24-,25+/m1/s1. The summed E-state index contributed by atoms with van der Waals surface area (Å²) in [6, 6.07) is 25.0. The molecule has 5 nitrogen and oxygen atoms in total. The van der Waals surface area contributed by atoms with Crippen LogP contribution in [0.15, 0.2) is 78.9 Å². The molecule has 5 heteroatoms. The summed E-state index contributed by atoms with van der Waals surface area (Å²) in [6.45, 7) is 8.43. The van der Waals surface area contributed by atoms with Crippen LogP contribution in [0.5, 0.6) is 0 Å². The van der Waals surface area contributed by atoms with Crippen molar-refractivity contribution in [3.8, 4) is 0 Å². The van der Waals surface area contributed by atoms with Crippen LogP contribution >= 0.6 is 0 Å². The maximum Gasteiger partial charge on any atom is 0.266 e. The molecule has 2 heterocycles. The summed E-state index contributed by atoms with van der Waals surface area (Å²) in [6.07, 6.45) is -0.857. The van der Waals surface area contributed by atoms with Crippen molar-refractivity contribution >= 4 is 23.2 Å². The molecule has 3 aromatic carbocycles. The highest BCUT2D eigenvalue weighted by Gasteiger charge is 2.60. The molecular formula is C28H28N2O3. The SMILES string of the molecule is Cc1ccccc1N1C(=O)[C@H]2[C@H](ON(c3ccccc3)[C@@H]2c2ccc(C(C)(C)C)cc2)C1=O. The number of hydrogen-bond acceptors (Lipinski definition) is 4. The van der Waals surface area contributed by atoms with Gasteiger partial charge in [-0.3, -0.25) is 14.4 Å². The molecular weight excluding hydrogens is 412 g/mol. The Morgan fingerprint density at radius 2 is 1.42 bits per heavy atom. The van der Waals surface area contributed by atoms with Gasteiger partial charge >= 0.3 is 0 Å². The number of rotatable bonds is 3. The summed E-state index contributed by atoms with van der Waals surface area (Å²) in [5.41, 5.74) is 4.51. The number of nitrogens with zero attached hydrogens (tertiary/aromatic N) is 2. The first-order valence-corrected chi connectivity index (χ1v) is 11.3. The van der Waals surface area contributed by atoms with Gasteiger partial charge in [0.2, 0.25) is 5.91 Å². The van der Waals surface area contributed by atoms with Crippen LogP contribution in [0.3, 0.4) is 0 Å². The van der Waals surface area contributed by atoms with E-state index in [0.29, 0.717) is 5.69 Å². The topological polar surface area (TPSA) is 49.9 Å². The normalized spacial score (nSPS) is 22.7. The Morgan fingerprint density at radius 3 is 2.06 bits per heavy atom. The first-order chi connectivity index (χ1) is 15.8. The Morgan fingerprint density at radius 1 is 0.788 bits per heavy atom. The lowest BCUT2D eigenvalue weighted by atomic mass is 9.84. The Labute approximate surface area is 194 Å². The number of para-hydroxylation sites is 2. The van der Waals surface area contributed by atoms with Crippen molar-refractivity contribution in [3.05, 3.63) is 95.6 Å². The minimum Gasteiger partial charge on any atom is -0.273 e. The van der Waals surface area contributed by atoms with E-state index < -0.39 is 18.1 Å². The molecule has 3 aromatic rings.